The van der Waals surface area contributed by atoms with E-state index < -0.39 is 17.6 Å². The number of carbonyl (C=O) groups excluding carboxylic acids is 1. The summed E-state index contributed by atoms with van der Waals surface area (Å²) >= 11 is 5.19. The van der Waals surface area contributed by atoms with E-state index in [1.54, 1.807) is 20.8 Å². The molecule has 0 aliphatic heterocycles. The quantitative estimate of drug-likeness (QED) is 0.280. The maximum absolute atomic E-state index is 11.3. The van der Waals surface area contributed by atoms with Gasteiger partial charge in [-0.3, -0.25) is 14.9 Å². The van der Waals surface area contributed by atoms with E-state index in [0.29, 0.717) is 5.88 Å². The van der Waals surface area contributed by atoms with Gasteiger partial charge >= 0.3 is 11.9 Å². The predicted molar refractivity (Wildman–Crippen MR) is 71.6 cm³/mol. The molecule has 0 bridgehead atoms. The van der Waals surface area contributed by atoms with Crippen LogP contribution in [0.3, 0.4) is 0 Å². The Morgan fingerprint density at radius 1 is 1.47 bits per heavy atom. The van der Waals surface area contributed by atoms with Crippen LogP contribution in [-0.2, 0) is 14.3 Å². The highest BCUT2D eigenvalue weighted by molar-refractivity contribution is 7.99. The van der Waals surface area contributed by atoms with Crippen LogP contribution in [0.4, 0.5) is 0 Å². The van der Waals surface area contributed by atoms with Crippen molar-refractivity contribution in [2.24, 2.45) is 0 Å². The predicted octanol–water partition coefficient (Wildman–Crippen LogP) is 0.991. The summed E-state index contributed by atoms with van der Waals surface area (Å²) in [5.74, 6) is -0.470. The van der Waals surface area contributed by atoms with Gasteiger partial charge in [0.1, 0.15) is 11.6 Å². The second-order valence-electron chi connectivity index (χ2n) is 4.36. The van der Waals surface area contributed by atoms with Gasteiger partial charge in [0.2, 0.25) is 0 Å². The molecule has 0 aliphatic carbocycles. The molecular formula is C10H19NO4S2. The monoisotopic (exact) mass is 281 g/mol. The molecule has 100 valence electrons. The summed E-state index contributed by atoms with van der Waals surface area (Å²) < 4.78 is 5.10. The van der Waals surface area contributed by atoms with Crippen LogP contribution in [0.2, 0.25) is 0 Å². The van der Waals surface area contributed by atoms with Crippen molar-refractivity contribution in [1.29, 1.82) is 0 Å². The number of thioether (sulfide) groups is 1. The molecule has 0 rings (SSSR count). The number of esters is 1. The first-order chi connectivity index (χ1) is 7.76. The summed E-state index contributed by atoms with van der Waals surface area (Å²) in [6, 6.07) is -0.690. The van der Waals surface area contributed by atoms with E-state index in [2.05, 4.69) is 17.9 Å². The van der Waals surface area contributed by atoms with Crippen molar-refractivity contribution >= 4 is 36.3 Å². The number of aliphatic carboxylic acids is 1. The number of carbonyl (C=O) groups is 2. The fourth-order valence-corrected chi connectivity index (χ4v) is 1.83. The third-order valence-electron chi connectivity index (χ3n) is 1.55. The molecule has 0 aromatic rings. The van der Waals surface area contributed by atoms with Crippen LogP contribution in [0.1, 0.15) is 20.8 Å². The van der Waals surface area contributed by atoms with Crippen LogP contribution in [0, 0.1) is 0 Å². The molecule has 0 radical (unpaired) electrons. The van der Waals surface area contributed by atoms with Crippen LogP contribution in [0.25, 0.3) is 0 Å². The van der Waals surface area contributed by atoms with Crippen LogP contribution in [0.5, 0.6) is 0 Å². The molecule has 0 saturated carbocycles. The summed E-state index contributed by atoms with van der Waals surface area (Å²) in [6.45, 7) is 5.40. The Balaban J connectivity index is 3.71. The molecule has 2 N–H and O–H groups in total. The normalized spacial score (nSPS) is 13.2. The van der Waals surface area contributed by atoms with E-state index in [9.17, 15) is 9.59 Å². The number of nitrogens with one attached hydrogen (secondary N) is 1. The summed E-state index contributed by atoms with van der Waals surface area (Å²) in [4.78, 5) is 21.9. The Morgan fingerprint density at radius 2 is 2.06 bits per heavy atom. The van der Waals surface area contributed by atoms with Gasteiger partial charge in [-0.25, -0.2) is 0 Å². The second kappa shape index (κ2) is 7.84. The van der Waals surface area contributed by atoms with E-state index in [0.717, 1.165) is 0 Å². The van der Waals surface area contributed by atoms with Gasteiger partial charge in [0.25, 0.3) is 0 Å². The van der Waals surface area contributed by atoms with E-state index in [-0.39, 0.29) is 17.5 Å². The van der Waals surface area contributed by atoms with Gasteiger partial charge in [0, 0.05) is 11.6 Å². The smallest absolute Gasteiger partial charge is 0.321 e. The largest absolute Gasteiger partial charge is 0.480 e. The van der Waals surface area contributed by atoms with Gasteiger partial charge in [-0.2, -0.15) is 12.6 Å². The van der Waals surface area contributed by atoms with Gasteiger partial charge in [-0.15, -0.1) is 11.8 Å². The first kappa shape index (κ1) is 16.6. The minimum absolute atomic E-state index is 0.198. The summed E-state index contributed by atoms with van der Waals surface area (Å²) in [7, 11) is 0. The lowest BCUT2D eigenvalue weighted by Gasteiger charge is -2.19. The SMILES string of the molecule is CC(C)(C)OC(=O)CSCN[C@@H](CS)C(=O)O. The van der Waals surface area contributed by atoms with Gasteiger partial charge in [-0.1, -0.05) is 0 Å². The lowest BCUT2D eigenvalue weighted by molar-refractivity contribution is -0.151. The molecule has 0 heterocycles. The zero-order chi connectivity index (χ0) is 13.5. The Kier molecular flexibility index (Phi) is 7.65. The van der Waals surface area contributed by atoms with Gasteiger partial charge in [0.15, 0.2) is 0 Å². The first-order valence-electron chi connectivity index (χ1n) is 5.13. The summed E-state index contributed by atoms with van der Waals surface area (Å²) in [5.41, 5.74) is -0.486. The molecule has 1 atom stereocenters. The number of rotatable bonds is 7. The third-order valence-corrected chi connectivity index (χ3v) is 2.73. The second-order valence-corrected chi connectivity index (χ2v) is 5.71. The summed E-state index contributed by atoms with van der Waals surface area (Å²) in [6.07, 6.45) is 0. The number of carboxylic acid groups (broad SMARTS) is 1. The van der Waals surface area contributed by atoms with Crippen LogP contribution >= 0.6 is 24.4 Å². The van der Waals surface area contributed by atoms with E-state index in [1.165, 1.54) is 11.8 Å². The first-order valence-corrected chi connectivity index (χ1v) is 6.91. The zero-order valence-electron chi connectivity index (χ0n) is 10.2. The number of ether oxygens (including phenoxy) is 1. The Morgan fingerprint density at radius 3 is 2.47 bits per heavy atom. The molecule has 0 aromatic heterocycles. The fourth-order valence-electron chi connectivity index (χ4n) is 0.895. The van der Waals surface area contributed by atoms with E-state index in [1.807, 2.05) is 0 Å². The molecule has 0 aliphatic rings. The zero-order valence-corrected chi connectivity index (χ0v) is 11.9. The van der Waals surface area contributed by atoms with Gasteiger partial charge in [0.05, 0.1) is 5.75 Å². The van der Waals surface area contributed by atoms with E-state index >= 15 is 0 Å². The number of carboxylic acids is 1. The molecule has 0 aromatic carbocycles. The Labute approximate surface area is 111 Å². The maximum atomic E-state index is 11.3. The van der Waals surface area contributed by atoms with Crippen LogP contribution < -0.4 is 5.32 Å². The summed E-state index contributed by atoms with van der Waals surface area (Å²) in [5, 5.41) is 11.5. The van der Waals surface area contributed by atoms with Crippen molar-refractivity contribution in [1.82, 2.24) is 5.32 Å². The van der Waals surface area contributed by atoms with E-state index in [4.69, 9.17) is 9.84 Å². The number of hydrogen-bond donors (Lipinski definition) is 3. The van der Waals surface area contributed by atoms with Crippen molar-refractivity contribution < 1.29 is 19.4 Å². The molecular weight excluding hydrogens is 262 g/mol. The number of hydrogen-bond acceptors (Lipinski definition) is 6. The Bertz CT molecular complexity index is 266. The highest BCUT2D eigenvalue weighted by Gasteiger charge is 2.17. The van der Waals surface area contributed by atoms with Crippen molar-refractivity contribution in [2.75, 3.05) is 17.4 Å². The van der Waals surface area contributed by atoms with Crippen molar-refractivity contribution in [3.8, 4) is 0 Å². The lowest BCUT2D eigenvalue weighted by Crippen LogP contribution is -2.38. The molecule has 17 heavy (non-hydrogen) atoms. The average molecular weight is 281 g/mol. The fraction of sp³-hybridized carbons (Fsp3) is 0.800. The third kappa shape index (κ3) is 9.31. The van der Waals surface area contributed by atoms with Crippen molar-refractivity contribution in [3.05, 3.63) is 0 Å². The molecule has 7 heteroatoms. The Hall–Kier alpha value is -0.400. The molecule has 0 spiro atoms. The maximum Gasteiger partial charge on any atom is 0.321 e. The van der Waals surface area contributed by atoms with Crippen molar-refractivity contribution in [3.63, 3.8) is 0 Å². The van der Waals surface area contributed by atoms with Crippen molar-refractivity contribution in [2.45, 2.75) is 32.4 Å². The van der Waals surface area contributed by atoms with Gasteiger partial charge < -0.3 is 9.84 Å². The average Bonchev–Trinajstić information content (AvgIpc) is 2.14. The highest BCUT2D eigenvalue weighted by Crippen LogP contribution is 2.09. The number of thiol groups is 1. The van der Waals surface area contributed by atoms with Gasteiger partial charge in [-0.05, 0) is 20.8 Å². The minimum atomic E-state index is -0.946. The molecule has 0 unspecified atom stereocenters. The van der Waals surface area contributed by atoms with Crippen LogP contribution in [0.15, 0.2) is 0 Å². The topological polar surface area (TPSA) is 75.6 Å². The lowest BCUT2D eigenvalue weighted by atomic mass is 10.2. The molecule has 5 nitrogen and oxygen atoms in total. The molecule has 0 amide bonds. The standard InChI is InChI=1S/C10H19NO4S2/c1-10(2,3)15-8(12)5-17-6-11-7(4-16)9(13)14/h7,11,16H,4-6H2,1-3H3,(H,13,14)/t7-/m0/s1. The minimum Gasteiger partial charge on any atom is -0.480 e. The molecule has 0 saturated heterocycles. The molecule has 0 fully saturated rings. The van der Waals surface area contributed by atoms with Crippen LogP contribution in [-0.4, -0.2) is 46.1 Å². The highest BCUT2D eigenvalue weighted by atomic mass is 32.2.